The Morgan fingerprint density at radius 1 is 1.09 bits per heavy atom. The third kappa shape index (κ3) is 2.39. The van der Waals surface area contributed by atoms with E-state index in [0.717, 1.165) is 16.4 Å². The van der Waals surface area contributed by atoms with Gasteiger partial charge in [0, 0.05) is 25.9 Å². The molecule has 0 N–H and O–H groups in total. The molecule has 0 fully saturated rings. The van der Waals surface area contributed by atoms with E-state index in [2.05, 4.69) is 4.98 Å². The molecule has 0 unspecified atom stereocenters. The fourth-order valence-electron chi connectivity index (χ4n) is 2.43. The molecule has 0 atom stereocenters. The summed E-state index contributed by atoms with van der Waals surface area (Å²) in [5.74, 6) is -1.86. The molecule has 0 spiro atoms. The molecular formula is C14H13F2N3O2S. The molecule has 3 rings (SSSR count). The zero-order valence-corrected chi connectivity index (χ0v) is 12.5. The van der Waals surface area contributed by atoms with Crippen LogP contribution >= 0.6 is 0 Å². The van der Waals surface area contributed by atoms with Gasteiger partial charge in [0.2, 0.25) is 0 Å². The lowest BCUT2D eigenvalue weighted by atomic mass is 10.2. The number of aromatic nitrogens is 1. The molecule has 2 heterocycles. The minimum Gasteiger partial charge on any atom is -0.371 e. The summed E-state index contributed by atoms with van der Waals surface area (Å²) in [6, 6.07) is 3.96. The average Bonchev–Trinajstić information content (AvgIpc) is 2.46. The second-order valence-corrected chi connectivity index (χ2v) is 6.83. The van der Waals surface area contributed by atoms with E-state index >= 15 is 0 Å². The summed E-state index contributed by atoms with van der Waals surface area (Å²) >= 11 is 0. The maximum Gasteiger partial charge on any atom is 0.264 e. The van der Waals surface area contributed by atoms with Crippen molar-refractivity contribution in [1.82, 2.24) is 4.98 Å². The van der Waals surface area contributed by atoms with Gasteiger partial charge in [0.05, 0.1) is 29.0 Å². The second-order valence-electron chi connectivity index (χ2n) is 4.97. The number of hydrogen-bond acceptors (Lipinski definition) is 4. The van der Waals surface area contributed by atoms with Gasteiger partial charge < -0.3 is 4.90 Å². The molecule has 0 bridgehead atoms. The van der Waals surface area contributed by atoms with E-state index in [9.17, 15) is 17.2 Å². The summed E-state index contributed by atoms with van der Waals surface area (Å²) in [7, 11) is -2.22. The van der Waals surface area contributed by atoms with Crippen molar-refractivity contribution in [3.8, 4) is 0 Å². The summed E-state index contributed by atoms with van der Waals surface area (Å²) < 4.78 is 53.2. The van der Waals surface area contributed by atoms with Crippen molar-refractivity contribution in [3.63, 3.8) is 0 Å². The van der Waals surface area contributed by atoms with Crippen molar-refractivity contribution >= 4 is 21.4 Å². The first-order valence-corrected chi connectivity index (χ1v) is 7.97. The molecule has 2 aromatic rings. The minimum absolute atomic E-state index is 0.176. The first-order chi connectivity index (χ1) is 10.4. The molecule has 0 saturated carbocycles. The minimum atomic E-state index is -4.06. The van der Waals surface area contributed by atoms with Crippen LogP contribution in [0.3, 0.4) is 0 Å². The quantitative estimate of drug-likeness (QED) is 0.847. The summed E-state index contributed by atoms with van der Waals surface area (Å²) in [5, 5.41) is 0. The zero-order chi connectivity index (χ0) is 15.9. The molecule has 22 heavy (non-hydrogen) atoms. The van der Waals surface area contributed by atoms with Crippen molar-refractivity contribution < 1.29 is 17.2 Å². The SMILES string of the molecule is CN1CCN(S(=O)(=O)c2cc(F)cc(F)c2)c2cnccc21. The van der Waals surface area contributed by atoms with Gasteiger partial charge in [0.15, 0.2) is 0 Å². The molecule has 0 saturated heterocycles. The summed E-state index contributed by atoms with van der Waals surface area (Å²) in [6.07, 6.45) is 2.99. The number of rotatable bonds is 2. The van der Waals surface area contributed by atoms with E-state index in [1.807, 2.05) is 11.9 Å². The highest BCUT2D eigenvalue weighted by Gasteiger charge is 2.31. The van der Waals surface area contributed by atoms with Crippen molar-refractivity contribution in [2.45, 2.75) is 4.90 Å². The Morgan fingerprint density at radius 2 is 1.77 bits per heavy atom. The van der Waals surface area contributed by atoms with Gasteiger partial charge in [-0.05, 0) is 18.2 Å². The van der Waals surface area contributed by atoms with Crippen molar-refractivity contribution in [2.75, 3.05) is 29.3 Å². The molecule has 0 aliphatic carbocycles. The number of fused-ring (bicyclic) bond motifs is 1. The van der Waals surface area contributed by atoms with Crippen LogP contribution in [0.4, 0.5) is 20.2 Å². The Balaban J connectivity index is 2.12. The monoisotopic (exact) mass is 325 g/mol. The van der Waals surface area contributed by atoms with Gasteiger partial charge in [-0.2, -0.15) is 0 Å². The molecule has 1 aliphatic rings. The van der Waals surface area contributed by atoms with Crippen LogP contribution in [0.15, 0.2) is 41.6 Å². The van der Waals surface area contributed by atoms with Crippen LogP contribution in [0.1, 0.15) is 0 Å². The highest BCUT2D eigenvalue weighted by atomic mass is 32.2. The Hall–Kier alpha value is -2.22. The Morgan fingerprint density at radius 3 is 2.45 bits per heavy atom. The number of likely N-dealkylation sites (N-methyl/N-ethyl adjacent to an activating group) is 1. The van der Waals surface area contributed by atoms with Gasteiger partial charge in [-0.15, -0.1) is 0 Å². The number of anilines is 2. The standard InChI is InChI=1S/C14H13F2N3O2S/c1-18-4-5-19(14-9-17-3-2-13(14)18)22(20,21)12-7-10(15)6-11(16)8-12/h2-3,6-9H,4-5H2,1H3. The second kappa shape index (κ2) is 5.20. The molecule has 0 amide bonds. The van der Waals surface area contributed by atoms with Gasteiger partial charge >= 0.3 is 0 Å². The van der Waals surface area contributed by atoms with Gasteiger partial charge in [-0.25, -0.2) is 17.2 Å². The van der Waals surface area contributed by atoms with Gasteiger partial charge in [-0.1, -0.05) is 0 Å². The fourth-order valence-corrected chi connectivity index (χ4v) is 3.93. The first kappa shape index (κ1) is 14.7. The largest absolute Gasteiger partial charge is 0.371 e. The maximum absolute atomic E-state index is 13.3. The summed E-state index contributed by atoms with van der Waals surface area (Å²) in [4.78, 5) is 5.43. The van der Waals surface area contributed by atoms with Crippen molar-refractivity contribution in [3.05, 3.63) is 48.3 Å². The summed E-state index contributed by atoms with van der Waals surface area (Å²) in [5.41, 5.74) is 1.09. The molecule has 1 aliphatic heterocycles. The van der Waals surface area contributed by atoms with E-state index in [1.54, 1.807) is 12.3 Å². The Labute approximate surface area is 126 Å². The number of halogens is 2. The smallest absolute Gasteiger partial charge is 0.264 e. The maximum atomic E-state index is 13.3. The van der Waals surface area contributed by atoms with Gasteiger partial charge in [0.25, 0.3) is 10.0 Å². The Kier molecular flexibility index (Phi) is 3.48. The molecule has 0 radical (unpaired) electrons. The van der Waals surface area contributed by atoms with Crippen LogP contribution in [0.2, 0.25) is 0 Å². The molecule has 116 valence electrons. The number of pyridine rings is 1. The molecule has 1 aromatic carbocycles. The van der Waals surface area contributed by atoms with E-state index in [-0.39, 0.29) is 6.54 Å². The predicted molar refractivity (Wildman–Crippen MR) is 78.4 cm³/mol. The topological polar surface area (TPSA) is 53.5 Å². The number of sulfonamides is 1. The third-order valence-electron chi connectivity index (χ3n) is 3.52. The van der Waals surface area contributed by atoms with Crippen LogP contribution in [-0.2, 0) is 10.0 Å². The molecule has 1 aromatic heterocycles. The first-order valence-electron chi connectivity index (χ1n) is 6.53. The van der Waals surface area contributed by atoms with Crippen LogP contribution in [0.25, 0.3) is 0 Å². The molecule has 5 nitrogen and oxygen atoms in total. The lowest BCUT2D eigenvalue weighted by Crippen LogP contribution is -2.42. The fraction of sp³-hybridized carbons (Fsp3) is 0.214. The lowest BCUT2D eigenvalue weighted by Gasteiger charge is -2.35. The van der Waals surface area contributed by atoms with Crippen LogP contribution in [0.5, 0.6) is 0 Å². The van der Waals surface area contributed by atoms with Crippen molar-refractivity contribution in [2.24, 2.45) is 0 Å². The van der Waals surface area contributed by atoms with E-state index in [0.29, 0.717) is 24.0 Å². The zero-order valence-electron chi connectivity index (χ0n) is 11.7. The molecule has 8 heteroatoms. The van der Waals surface area contributed by atoms with E-state index in [1.165, 1.54) is 6.20 Å². The highest BCUT2D eigenvalue weighted by molar-refractivity contribution is 7.92. The normalized spacial score (nSPS) is 14.9. The average molecular weight is 325 g/mol. The number of nitrogens with zero attached hydrogens (tertiary/aromatic N) is 3. The van der Waals surface area contributed by atoms with E-state index < -0.39 is 26.6 Å². The molecular weight excluding hydrogens is 312 g/mol. The lowest BCUT2D eigenvalue weighted by molar-refractivity contribution is 0.564. The van der Waals surface area contributed by atoms with Gasteiger partial charge in [-0.3, -0.25) is 9.29 Å². The Bertz CT molecular complexity index is 806. The van der Waals surface area contributed by atoms with Crippen LogP contribution in [-0.4, -0.2) is 33.5 Å². The van der Waals surface area contributed by atoms with Crippen molar-refractivity contribution in [1.29, 1.82) is 0 Å². The van der Waals surface area contributed by atoms with Crippen LogP contribution in [0, 0.1) is 11.6 Å². The predicted octanol–water partition coefficient (Wildman–Crippen LogP) is 2.00. The summed E-state index contributed by atoms with van der Waals surface area (Å²) in [6.45, 7) is 0.643. The number of hydrogen-bond donors (Lipinski definition) is 0. The third-order valence-corrected chi connectivity index (χ3v) is 5.31. The number of benzene rings is 1. The highest BCUT2D eigenvalue weighted by Crippen LogP contribution is 2.34. The van der Waals surface area contributed by atoms with Gasteiger partial charge in [0.1, 0.15) is 11.6 Å². The van der Waals surface area contributed by atoms with Crippen LogP contribution < -0.4 is 9.21 Å². The van der Waals surface area contributed by atoms with E-state index in [4.69, 9.17) is 0 Å².